The van der Waals surface area contributed by atoms with Crippen molar-refractivity contribution in [3.05, 3.63) is 35.8 Å². The maximum absolute atomic E-state index is 14.1. The Labute approximate surface area is 167 Å². The third kappa shape index (κ3) is 5.37. The quantitative estimate of drug-likeness (QED) is 0.446. The van der Waals surface area contributed by atoms with Crippen LogP contribution in [0, 0.1) is 17.8 Å². The van der Waals surface area contributed by atoms with E-state index in [9.17, 15) is 8.78 Å². The number of ether oxygens (including phenoxy) is 3. The van der Waals surface area contributed by atoms with Gasteiger partial charge in [-0.05, 0) is 69.1 Å². The van der Waals surface area contributed by atoms with Gasteiger partial charge in [0.15, 0.2) is 11.7 Å². The minimum atomic E-state index is -0.909. The SMILES string of the molecule is C=CCCC1CCC(C2CCC(COC3=C(F)C(F)=C(OC)CC3)CC2)OC1. The predicted octanol–water partition coefficient (Wildman–Crippen LogP) is 6.37. The second-order valence-electron chi connectivity index (χ2n) is 8.45. The van der Waals surface area contributed by atoms with Crippen LogP contribution < -0.4 is 0 Å². The number of hydrogen-bond donors (Lipinski definition) is 0. The van der Waals surface area contributed by atoms with Gasteiger partial charge in [0, 0.05) is 19.4 Å². The summed E-state index contributed by atoms with van der Waals surface area (Å²) in [5, 5.41) is 0. The van der Waals surface area contributed by atoms with Crippen molar-refractivity contribution in [1.82, 2.24) is 0 Å². The van der Waals surface area contributed by atoms with Crippen molar-refractivity contribution in [2.75, 3.05) is 20.3 Å². The van der Waals surface area contributed by atoms with E-state index in [0.717, 1.165) is 38.7 Å². The molecule has 0 amide bonds. The molecule has 3 aliphatic rings. The lowest BCUT2D eigenvalue weighted by molar-refractivity contribution is -0.0610. The molecule has 2 atom stereocenters. The average Bonchev–Trinajstić information content (AvgIpc) is 2.74. The van der Waals surface area contributed by atoms with E-state index in [2.05, 4.69) is 6.58 Å². The zero-order chi connectivity index (χ0) is 19.9. The summed E-state index contributed by atoms with van der Waals surface area (Å²) in [5.41, 5.74) is 0. The molecule has 0 aromatic heterocycles. The Hall–Kier alpha value is -1.36. The molecule has 3 nitrogen and oxygen atoms in total. The Bertz CT molecular complexity index is 583. The molecule has 0 radical (unpaired) electrons. The summed E-state index contributed by atoms with van der Waals surface area (Å²) < 4.78 is 44.6. The van der Waals surface area contributed by atoms with Gasteiger partial charge in [-0.25, -0.2) is 0 Å². The van der Waals surface area contributed by atoms with E-state index in [1.807, 2.05) is 6.08 Å². The van der Waals surface area contributed by atoms with Crippen molar-refractivity contribution >= 4 is 0 Å². The fraction of sp³-hybridized carbons (Fsp3) is 0.739. The van der Waals surface area contributed by atoms with Crippen LogP contribution >= 0.6 is 0 Å². The lowest BCUT2D eigenvalue weighted by atomic mass is 9.77. The van der Waals surface area contributed by atoms with E-state index < -0.39 is 11.7 Å². The van der Waals surface area contributed by atoms with Gasteiger partial charge in [-0.3, -0.25) is 0 Å². The van der Waals surface area contributed by atoms with Gasteiger partial charge >= 0.3 is 0 Å². The fourth-order valence-corrected chi connectivity index (χ4v) is 4.74. The van der Waals surface area contributed by atoms with E-state index in [4.69, 9.17) is 14.2 Å². The second kappa shape index (κ2) is 10.4. The van der Waals surface area contributed by atoms with E-state index >= 15 is 0 Å². The van der Waals surface area contributed by atoms with Crippen LogP contribution in [0.2, 0.25) is 0 Å². The summed E-state index contributed by atoms with van der Waals surface area (Å²) in [6.07, 6.45) is 12.2. The molecule has 2 unspecified atom stereocenters. The van der Waals surface area contributed by atoms with Crippen LogP contribution in [0.25, 0.3) is 0 Å². The van der Waals surface area contributed by atoms with E-state index in [1.54, 1.807) is 0 Å². The van der Waals surface area contributed by atoms with E-state index in [1.165, 1.54) is 26.4 Å². The zero-order valence-corrected chi connectivity index (χ0v) is 17.1. The number of rotatable bonds is 8. The van der Waals surface area contributed by atoms with Crippen LogP contribution in [0.15, 0.2) is 35.8 Å². The molecule has 28 heavy (non-hydrogen) atoms. The molecule has 0 bridgehead atoms. The molecule has 5 heteroatoms. The molecule has 0 spiro atoms. The number of methoxy groups -OCH3 is 1. The first-order valence-electron chi connectivity index (χ1n) is 10.8. The van der Waals surface area contributed by atoms with Gasteiger partial charge in [0.25, 0.3) is 0 Å². The minimum absolute atomic E-state index is 0.0737. The van der Waals surface area contributed by atoms with Crippen LogP contribution in [0.5, 0.6) is 0 Å². The first-order valence-corrected chi connectivity index (χ1v) is 10.8. The van der Waals surface area contributed by atoms with Crippen LogP contribution in [0.1, 0.15) is 64.2 Å². The number of halogens is 2. The first-order chi connectivity index (χ1) is 13.6. The fourth-order valence-electron chi connectivity index (χ4n) is 4.74. The summed E-state index contributed by atoms with van der Waals surface area (Å²) in [7, 11) is 1.37. The third-order valence-corrected chi connectivity index (χ3v) is 6.60. The van der Waals surface area contributed by atoms with Gasteiger partial charge in [0.1, 0.15) is 11.5 Å². The van der Waals surface area contributed by atoms with Crippen molar-refractivity contribution in [3.63, 3.8) is 0 Å². The Morgan fingerprint density at radius 3 is 2.32 bits per heavy atom. The van der Waals surface area contributed by atoms with Crippen LogP contribution in [-0.2, 0) is 14.2 Å². The molecule has 1 saturated carbocycles. The Morgan fingerprint density at radius 1 is 1.00 bits per heavy atom. The molecular weight excluding hydrogens is 362 g/mol. The Kier molecular flexibility index (Phi) is 7.95. The van der Waals surface area contributed by atoms with Crippen LogP contribution in [0.3, 0.4) is 0 Å². The van der Waals surface area contributed by atoms with Gasteiger partial charge in [-0.1, -0.05) is 6.08 Å². The average molecular weight is 397 g/mol. The highest BCUT2D eigenvalue weighted by Gasteiger charge is 2.32. The first kappa shape index (κ1) is 21.4. The standard InChI is InChI=1S/C23H34F2O3/c1-3-4-5-16-8-11-19(27-14-16)18-9-6-17(7-10-18)15-28-21-13-12-20(26-2)22(24)23(21)25/h3,16-19H,1,4-15H2,2H3. The van der Waals surface area contributed by atoms with Gasteiger partial charge in [-0.2, -0.15) is 8.78 Å². The normalized spacial score (nSPS) is 31.7. The second-order valence-corrected chi connectivity index (χ2v) is 8.45. The highest BCUT2D eigenvalue weighted by atomic mass is 19.2. The van der Waals surface area contributed by atoms with Gasteiger partial charge in [-0.15, -0.1) is 6.58 Å². The summed E-state index contributed by atoms with van der Waals surface area (Å²) in [5.74, 6) is 0.145. The Balaban J connectivity index is 1.39. The molecule has 2 fully saturated rings. The molecule has 2 aliphatic carbocycles. The smallest absolute Gasteiger partial charge is 0.199 e. The zero-order valence-electron chi connectivity index (χ0n) is 17.1. The van der Waals surface area contributed by atoms with Crippen LogP contribution in [0.4, 0.5) is 8.78 Å². The summed E-state index contributed by atoms with van der Waals surface area (Å²) in [4.78, 5) is 0. The summed E-state index contributed by atoms with van der Waals surface area (Å²) in [6, 6.07) is 0. The largest absolute Gasteiger partial charge is 0.498 e. The van der Waals surface area contributed by atoms with Gasteiger partial charge in [0.05, 0.1) is 19.8 Å². The predicted molar refractivity (Wildman–Crippen MR) is 106 cm³/mol. The monoisotopic (exact) mass is 396 g/mol. The van der Waals surface area contributed by atoms with Crippen molar-refractivity contribution in [1.29, 1.82) is 0 Å². The summed E-state index contributed by atoms with van der Waals surface area (Å²) in [6.45, 7) is 5.16. The molecule has 0 aromatic rings. The lowest BCUT2D eigenvalue weighted by Gasteiger charge is -2.37. The van der Waals surface area contributed by atoms with Gasteiger partial charge in [0.2, 0.25) is 0 Å². The molecule has 1 aliphatic heterocycles. The molecule has 1 saturated heterocycles. The molecule has 1 heterocycles. The number of hydrogen-bond acceptors (Lipinski definition) is 3. The third-order valence-electron chi connectivity index (χ3n) is 6.60. The topological polar surface area (TPSA) is 27.7 Å². The Morgan fingerprint density at radius 2 is 1.68 bits per heavy atom. The van der Waals surface area contributed by atoms with Crippen molar-refractivity contribution in [2.45, 2.75) is 70.3 Å². The molecule has 158 valence electrons. The van der Waals surface area contributed by atoms with E-state index in [0.29, 0.717) is 43.3 Å². The highest BCUT2D eigenvalue weighted by molar-refractivity contribution is 5.29. The molecule has 0 aromatic carbocycles. The van der Waals surface area contributed by atoms with Crippen molar-refractivity contribution in [3.8, 4) is 0 Å². The number of allylic oxidation sites excluding steroid dienone is 5. The van der Waals surface area contributed by atoms with Crippen molar-refractivity contribution < 1.29 is 23.0 Å². The maximum Gasteiger partial charge on any atom is 0.199 e. The molecular formula is C23H34F2O3. The maximum atomic E-state index is 14.1. The van der Waals surface area contributed by atoms with Crippen LogP contribution in [-0.4, -0.2) is 26.4 Å². The van der Waals surface area contributed by atoms with Gasteiger partial charge < -0.3 is 14.2 Å². The lowest BCUT2D eigenvalue weighted by Crippen LogP contribution is -2.34. The van der Waals surface area contributed by atoms with Crippen molar-refractivity contribution in [2.24, 2.45) is 17.8 Å². The molecule has 0 N–H and O–H groups in total. The minimum Gasteiger partial charge on any atom is -0.498 e. The summed E-state index contributed by atoms with van der Waals surface area (Å²) >= 11 is 0. The van der Waals surface area contributed by atoms with E-state index in [-0.39, 0.29) is 11.5 Å². The molecule has 3 rings (SSSR count). The highest BCUT2D eigenvalue weighted by Crippen LogP contribution is 2.38.